The Balaban J connectivity index is 2.18. The van der Waals surface area contributed by atoms with Gasteiger partial charge in [0.25, 0.3) is 0 Å². The molecule has 0 amide bonds. The number of aliphatic hydroxyl groups is 1. The van der Waals surface area contributed by atoms with Crippen molar-refractivity contribution in [2.24, 2.45) is 5.92 Å². The summed E-state index contributed by atoms with van der Waals surface area (Å²) in [6, 6.07) is 3.24. The predicted molar refractivity (Wildman–Crippen MR) is 72.0 cm³/mol. The van der Waals surface area contributed by atoms with E-state index in [1.807, 2.05) is 0 Å². The van der Waals surface area contributed by atoms with E-state index in [2.05, 4.69) is 14.6 Å². The zero-order valence-corrected chi connectivity index (χ0v) is 11.0. The van der Waals surface area contributed by atoms with E-state index in [-0.39, 0.29) is 12.3 Å². The minimum absolute atomic E-state index is 0.198. The number of esters is 1. The molecule has 0 radical (unpaired) electrons. The summed E-state index contributed by atoms with van der Waals surface area (Å²) >= 11 is 0. The Kier molecular flexibility index (Phi) is 4.21. The SMILES string of the molecule is COC(=O)c1ccc(N)c(N2CCC(CCO)C2)n1. The number of carbonyl (C=O) groups is 1. The summed E-state index contributed by atoms with van der Waals surface area (Å²) in [5.74, 6) is 0.615. The number of hydrogen-bond acceptors (Lipinski definition) is 6. The van der Waals surface area contributed by atoms with Crippen LogP contribution in [0.15, 0.2) is 12.1 Å². The zero-order valence-electron chi connectivity index (χ0n) is 11.0. The molecule has 2 rings (SSSR count). The molecule has 0 spiro atoms. The minimum Gasteiger partial charge on any atom is -0.464 e. The van der Waals surface area contributed by atoms with E-state index in [0.29, 0.717) is 17.4 Å². The van der Waals surface area contributed by atoms with Gasteiger partial charge in [0.1, 0.15) is 0 Å². The van der Waals surface area contributed by atoms with E-state index in [1.54, 1.807) is 12.1 Å². The lowest BCUT2D eigenvalue weighted by atomic mass is 10.1. The number of methoxy groups -OCH3 is 1. The first-order chi connectivity index (χ1) is 9.15. The van der Waals surface area contributed by atoms with E-state index in [4.69, 9.17) is 10.8 Å². The number of hydrogen-bond donors (Lipinski definition) is 2. The van der Waals surface area contributed by atoms with Crippen LogP contribution >= 0.6 is 0 Å². The van der Waals surface area contributed by atoms with Gasteiger partial charge in [-0.1, -0.05) is 0 Å². The number of rotatable bonds is 4. The number of anilines is 2. The van der Waals surface area contributed by atoms with Crippen LogP contribution in [-0.4, -0.2) is 42.9 Å². The fourth-order valence-corrected chi connectivity index (χ4v) is 2.37. The Bertz CT molecular complexity index is 464. The third-order valence-electron chi connectivity index (χ3n) is 3.42. The number of aromatic nitrogens is 1. The second-order valence-electron chi connectivity index (χ2n) is 4.71. The van der Waals surface area contributed by atoms with Crippen molar-refractivity contribution < 1.29 is 14.6 Å². The van der Waals surface area contributed by atoms with Crippen LogP contribution in [0.3, 0.4) is 0 Å². The molecule has 19 heavy (non-hydrogen) atoms. The van der Waals surface area contributed by atoms with Gasteiger partial charge >= 0.3 is 5.97 Å². The van der Waals surface area contributed by atoms with E-state index < -0.39 is 5.97 Å². The van der Waals surface area contributed by atoms with Gasteiger partial charge < -0.3 is 20.5 Å². The van der Waals surface area contributed by atoms with E-state index >= 15 is 0 Å². The van der Waals surface area contributed by atoms with Crippen LogP contribution in [0.2, 0.25) is 0 Å². The molecule has 0 aliphatic carbocycles. The van der Waals surface area contributed by atoms with Crippen LogP contribution in [0.4, 0.5) is 11.5 Å². The molecule has 3 N–H and O–H groups in total. The van der Waals surface area contributed by atoms with Gasteiger partial charge in [-0.3, -0.25) is 0 Å². The van der Waals surface area contributed by atoms with Gasteiger partial charge in [-0.15, -0.1) is 0 Å². The van der Waals surface area contributed by atoms with Gasteiger partial charge in [0, 0.05) is 19.7 Å². The van der Waals surface area contributed by atoms with Crippen molar-refractivity contribution in [2.45, 2.75) is 12.8 Å². The van der Waals surface area contributed by atoms with Gasteiger partial charge in [0.05, 0.1) is 12.8 Å². The molecular weight excluding hydrogens is 246 g/mol. The van der Waals surface area contributed by atoms with E-state index in [9.17, 15) is 4.79 Å². The highest BCUT2D eigenvalue weighted by molar-refractivity contribution is 5.88. The Labute approximate surface area is 112 Å². The van der Waals surface area contributed by atoms with Gasteiger partial charge in [-0.05, 0) is 30.9 Å². The largest absolute Gasteiger partial charge is 0.464 e. The summed E-state index contributed by atoms with van der Waals surface area (Å²) in [5.41, 5.74) is 6.74. The van der Waals surface area contributed by atoms with E-state index in [1.165, 1.54) is 7.11 Å². The quantitative estimate of drug-likeness (QED) is 0.777. The van der Waals surface area contributed by atoms with Crippen LogP contribution in [-0.2, 0) is 4.74 Å². The van der Waals surface area contributed by atoms with E-state index in [0.717, 1.165) is 25.9 Å². The van der Waals surface area contributed by atoms with Crippen LogP contribution in [0.5, 0.6) is 0 Å². The molecule has 1 saturated heterocycles. The lowest BCUT2D eigenvalue weighted by Crippen LogP contribution is -2.23. The average molecular weight is 265 g/mol. The van der Waals surface area contributed by atoms with Gasteiger partial charge in [-0.2, -0.15) is 0 Å². The maximum Gasteiger partial charge on any atom is 0.356 e. The van der Waals surface area contributed by atoms with Gasteiger partial charge in [-0.25, -0.2) is 9.78 Å². The molecule has 104 valence electrons. The maximum absolute atomic E-state index is 11.5. The highest BCUT2D eigenvalue weighted by atomic mass is 16.5. The minimum atomic E-state index is -0.465. The number of nitrogens with zero attached hydrogens (tertiary/aromatic N) is 2. The molecular formula is C13H19N3O3. The van der Waals surface area contributed by atoms with Gasteiger partial charge in [0.2, 0.25) is 0 Å². The fraction of sp³-hybridized carbons (Fsp3) is 0.538. The standard InChI is InChI=1S/C13H19N3O3/c1-19-13(18)11-3-2-10(14)12(15-11)16-6-4-9(8-16)5-7-17/h2-3,9,17H,4-8,14H2,1H3. The third kappa shape index (κ3) is 2.96. The normalized spacial score (nSPS) is 18.6. The third-order valence-corrected chi connectivity index (χ3v) is 3.42. The molecule has 1 aromatic rings. The zero-order chi connectivity index (χ0) is 13.8. The number of aliphatic hydroxyl groups excluding tert-OH is 1. The van der Waals surface area contributed by atoms with Crippen molar-refractivity contribution in [3.05, 3.63) is 17.8 Å². The highest BCUT2D eigenvalue weighted by Gasteiger charge is 2.25. The van der Waals surface area contributed by atoms with Crippen LogP contribution in [0.25, 0.3) is 0 Å². The second kappa shape index (κ2) is 5.88. The fourth-order valence-electron chi connectivity index (χ4n) is 2.37. The molecule has 1 fully saturated rings. The first-order valence-corrected chi connectivity index (χ1v) is 6.36. The summed E-state index contributed by atoms with van der Waals surface area (Å²) in [6.45, 7) is 1.85. The predicted octanol–water partition coefficient (Wildman–Crippen LogP) is 0.659. The van der Waals surface area contributed by atoms with Crippen LogP contribution in [0.1, 0.15) is 23.3 Å². The summed E-state index contributed by atoms with van der Waals surface area (Å²) in [7, 11) is 1.33. The van der Waals surface area contributed by atoms with Crippen molar-refractivity contribution in [1.82, 2.24) is 4.98 Å². The van der Waals surface area contributed by atoms with Crippen molar-refractivity contribution in [1.29, 1.82) is 0 Å². The topological polar surface area (TPSA) is 88.7 Å². The smallest absolute Gasteiger partial charge is 0.356 e. The molecule has 1 unspecified atom stereocenters. The Morgan fingerprint density at radius 3 is 3.11 bits per heavy atom. The molecule has 1 aliphatic heterocycles. The molecule has 0 aromatic carbocycles. The van der Waals surface area contributed by atoms with Crippen LogP contribution < -0.4 is 10.6 Å². The second-order valence-corrected chi connectivity index (χ2v) is 4.71. The molecule has 1 aromatic heterocycles. The number of pyridine rings is 1. The van der Waals surface area contributed by atoms with Crippen LogP contribution in [0, 0.1) is 5.92 Å². The average Bonchev–Trinajstić information content (AvgIpc) is 2.87. The molecule has 2 heterocycles. The van der Waals surface area contributed by atoms with Crippen molar-refractivity contribution >= 4 is 17.5 Å². The summed E-state index contributed by atoms with van der Waals surface area (Å²) in [4.78, 5) is 17.8. The van der Waals surface area contributed by atoms with Crippen molar-refractivity contribution in [3.8, 4) is 0 Å². The molecule has 6 heteroatoms. The number of ether oxygens (including phenoxy) is 1. The molecule has 0 saturated carbocycles. The summed E-state index contributed by atoms with van der Waals surface area (Å²) in [5, 5.41) is 8.97. The first-order valence-electron chi connectivity index (χ1n) is 6.36. The lowest BCUT2D eigenvalue weighted by molar-refractivity contribution is 0.0594. The Morgan fingerprint density at radius 2 is 2.42 bits per heavy atom. The van der Waals surface area contributed by atoms with Crippen molar-refractivity contribution in [3.63, 3.8) is 0 Å². The number of nitrogens with two attached hydrogens (primary N) is 1. The molecule has 6 nitrogen and oxygen atoms in total. The monoisotopic (exact) mass is 265 g/mol. The lowest BCUT2D eigenvalue weighted by Gasteiger charge is -2.19. The maximum atomic E-state index is 11.5. The number of carbonyl (C=O) groups excluding carboxylic acids is 1. The molecule has 1 aliphatic rings. The summed E-state index contributed by atoms with van der Waals surface area (Å²) in [6.07, 6.45) is 1.79. The first kappa shape index (κ1) is 13.6. The molecule has 0 bridgehead atoms. The summed E-state index contributed by atoms with van der Waals surface area (Å²) < 4.78 is 4.66. The number of nitrogen functional groups attached to an aromatic ring is 1. The Hall–Kier alpha value is -1.82. The molecule has 1 atom stereocenters. The highest BCUT2D eigenvalue weighted by Crippen LogP contribution is 2.28. The Morgan fingerprint density at radius 1 is 1.63 bits per heavy atom. The van der Waals surface area contributed by atoms with Gasteiger partial charge in [0.15, 0.2) is 11.5 Å². The van der Waals surface area contributed by atoms with Crippen molar-refractivity contribution in [2.75, 3.05) is 37.4 Å².